The fourth-order valence-corrected chi connectivity index (χ4v) is 4.62. The van der Waals surface area contributed by atoms with E-state index in [2.05, 4.69) is 28.9 Å². The minimum atomic E-state index is 0.506. The first-order chi connectivity index (χ1) is 7.66. The minimum absolute atomic E-state index is 0.506. The summed E-state index contributed by atoms with van der Waals surface area (Å²) in [6.45, 7) is 2.09. The Morgan fingerprint density at radius 2 is 2.12 bits per heavy atom. The average molecular weight is 322 g/mol. The van der Waals surface area contributed by atoms with Gasteiger partial charge in [-0.2, -0.15) is 0 Å². The molecule has 0 nitrogen and oxygen atoms in total. The Kier molecular flexibility index (Phi) is 4.75. The van der Waals surface area contributed by atoms with Crippen molar-refractivity contribution in [3.8, 4) is 0 Å². The van der Waals surface area contributed by atoms with Crippen LogP contribution >= 0.6 is 38.9 Å². The lowest BCUT2D eigenvalue weighted by molar-refractivity contribution is 0.339. The largest absolute Gasteiger partial charge is 0.127 e. The Labute approximate surface area is 116 Å². The van der Waals surface area contributed by atoms with E-state index in [0.29, 0.717) is 4.83 Å². The van der Waals surface area contributed by atoms with Gasteiger partial charge in [-0.1, -0.05) is 59.6 Å². The van der Waals surface area contributed by atoms with Crippen molar-refractivity contribution in [2.75, 3.05) is 0 Å². The molecule has 1 saturated carbocycles. The fraction of sp³-hybridized carbons (Fsp3) is 0.692. The van der Waals surface area contributed by atoms with Crippen LogP contribution in [0.3, 0.4) is 0 Å². The molecule has 0 aromatic carbocycles. The molecule has 1 aromatic heterocycles. The summed E-state index contributed by atoms with van der Waals surface area (Å²) < 4.78 is 0.947. The topological polar surface area (TPSA) is 0 Å². The third-order valence-electron chi connectivity index (χ3n) is 3.45. The summed E-state index contributed by atoms with van der Waals surface area (Å²) in [7, 11) is 0. The van der Waals surface area contributed by atoms with Crippen LogP contribution in [0.4, 0.5) is 0 Å². The first-order valence-electron chi connectivity index (χ1n) is 6.06. The minimum Gasteiger partial charge on any atom is -0.127 e. The van der Waals surface area contributed by atoms with Crippen LogP contribution in [0.1, 0.15) is 53.8 Å². The lowest BCUT2D eigenvalue weighted by Gasteiger charge is -2.23. The molecule has 2 rings (SSSR count). The highest BCUT2D eigenvalue weighted by atomic mass is 79.9. The quantitative estimate of drug-likeness (QED) is 0.589. The highest BCUT2D eigenvalue weighted by Crippen LogP contribution is 2.41. The fourth-order valence-electron chi connectivity index (χ4n) is 2.47. The number of aryl methyl sites for hydroxylation is 1. The molecule has 90 valence electrons. The number of hydrogen-bond acceptors (Lipinski definition) is 1. The predicted octanol–water partition coefficient (Wildman–Crippen LogP) is 6.12. The van der Waals surface area contributed by atoms with Crippen LogP contribution in [-0.4, -0.2) is 0 Å². The smallest absolute Gasteiger partial charge is 0.0960 e. The molecule has 0 saturated heterocycles. The van der Waals surface area contributed by atoms with Crippen molar-refractivity contribution in [2.24, 2.45) is 5.92 Å². The molecule has 1 aliphatic rings. The second-order valence-corrected chi connectivity index (χ2v) is 7.60. The Morgan fingerprint density at radius 1 is 1.44 bits per heavy atom. The third kappa shape index (κ3) is 3.24. The molecule has 1 atom stereocenters. The zero-order chi connectivity index (χ0) is 11.5. The Morgan fingerprint density at radius 3 is 2.69 bits per heavy atom. The van der Waals surface area contributed by atoms with Crippen molar-refractivity contribution < 1.29 is 0 Å². The van der Waals surface area contributed by atoms with Gasteiger partial charge >= 0.3 is 0 Å². The van der Waals surface area contributed by atoms with Crippen molar-refractivity contribution in [2.45, 2.75) is 50.3 Å². The molecule has 1 fully saturated rings. The molecule has 1 aliphatic carbocycles. The molecular weight excluding hydrogens is 304 g/mol. The zero-order valence-electron chi connectivity index (χ0n) is 9.64. The first kappa shape index (κ1) is 12.9. The monoisotopic (exact) mass is 320 g/mol. The maximum atomic E-state index is 6.11. The van der Waals surface area contributed by atoms with Crippen molar-refractivity contribution in [1.29, 1.82) is 0 Å². The second kappa shape index (κ2) is 5.88. The van der Waals surface area contributed by atoms with Gasteiger partial charge in [0.1, 0.15) is 0 Å². The van der Waals surface area contributed by atoms with Crippen LogP contribution in [0.2, 0.25) is 4.34 Å². The van der Waals surface area contributed by atoms with Gasteiger partial charge in [-0.05, 0) is 30.9 Å². The van der Waals surface area contributed by atoms with Crippen molar-refractivity contribution >= 4 is 38.9 Å². The highest BCUT2D eigenvalue weighted by Gasteiger charge is 2.20. The van der Waals surface area contributed by atoms with Gasteiger partial charge in [-0.25, -0.2) is 0 Å². The van der Waals surface area contributed by atoms with E-state index >= 15 is 0 Å². The Balaban J connectivity index is 1.93. The van der Waals surface area contributed by atoms with Gasteiger partial charge in [0.25, 0.3) is 0 Å². The lowest BCUT2D eigenvalue weighted by Crippen LogP contribution is -2.08. The maximum Gasteiger partial charge on any atom is 0.0960 e. The standard InChI is InChI=1S/C13H18BrClS/c1-9-7-12(16-13(9)15)11(14)8-10-5-3-2-4-6-10/h7,10-11H,2-6,8H2,1H3. The molecular formula is C13H18BrClS. The third-order valence-corrected chi connectivity index (χ3v) is 6.29. The molecule has 1 aromatic rings. The summed E-state index contributed by atoms with van der Waals surface area (Å²) >= 11 is 11.7. The Bertz CT molecular complexity index is 322. The molecule has 0 aliphatic heterocycles. The molecule has 0 N–H and O–H groups in total. The molecule has 16 heavy (non-hydrogen) atoms. The van der Waals surface area contributed by atoms with Crippen LogP contribution in [-0.2, 0) is 0 Å². The van der Waals surface area contributed by atoms with Crippen molar-refractivity contribution in [1.82, 2.24) is 0 Å². The number of alkyl halides is 1. The van der Waals surface area contributed by atoms with E-state index in [1.165, 1.54) is 49.0 Å². The van der Waals surface area contributed by atoms with Crippen LogP contribution in [0.25, 0.3) is 0 Å². The average Bonchev–Trinajstić information content (AvgIpc) is 2.61. The van der Waals surface area contributed by atoms with E-state index in [1.807, 2.05) is 0 Å². The summed E-state index contributed by atoms with van der Waals surface area (Å²) in [5.74, 6) is 0.916. The normalized spacial score (nSPS) is 19.9. The van der Waals surface area contributed by atoms with E-state index in [1.54, 1.807) is 11.3 Å². The van der Waals surface area contributed by atoms with Gasteiger partial charge in [-0.3, -0.25) is 0 Å². The highest BCUT2D eigenvalue weighted by molar-refractivity contribution is 9.09. The van der Waals surface area contributed by atoms with Gasteiger partial charge in [0.2, 0.25) is 0 Å². The summed E-state index contributed by atoms with van der Waals surface area (Å²) in [5, 5.41) is 0. The molecule has 1 unspecified atom stereocenters. The maximum absolute atomic E-state index is 6.11. The van der Waals surface area contributed by atoms with Gasteiger partial charge in [-0.15, -0.1) is 11.3 Å². The zero-order valence-corrected chi connectivity index (χ0v) is 12.8. The van der Waals surface area contributed by atoms with Crippen LogP contribution in [0, 0.1) is 12.8 Å². The number of thiophene rings is 1. The second-order valence-electron chi connectivity index (χ2n) is 4.81. The Hall–Kier alpha value is 0.470. The molecule has 0 bridgehead atoms. The van der Waals surface area contributed by atoms with Gasteiger partial charge in [0.05, 0.1) is 4.34 Å². The van der Waals surface area contributed by atoms with Crippen LogP contribution in [0.5, 0.6) is 0 Å². The lowest BCUT2D eigenvalue weighted by atomic mass is 9.86. The first-order valence-corrected chi connectivity index (χ1v) is 8.17. The molecule has 0 amide bonds. The van der Waals surface area contributed by atoms with Crippen molar-refractivity contribution in [3.63, 3.8) is 0 Å². The van der Waals surface area contributed by atoms with Crippen LogP contribution in [0.15, 0.2) is 6.07 Å². The summed E-state index contributed by atoms with van der Waals surface area (Å²) in [6, 6.07) is 2.23. The van der Waals surface area contributed by atoms with Crippen LogP contribution < -0.4 is 0 Å². The van der Waals surface area contributed by atoms with E-state index in [4.69, 9.17) is 11.6 Å². The summed E-state index contributed by atoms with van der Waals surface area (Å²) in [4.78, 5) is 1.90. The predicted molar refractivity (Wildman–Crippen MR) is 76.9 cm³/mol. The van der Waals surface area contributed by atoms with Gasteiger partial charge in [0.15, 0.2) is 0 Å². The van der Waals surface area contributed by atoms with E-state index in [9.17, 15) is 0 Å². The van der Waals surface area contributed by atoms with E-state index in [0.717, 1.165) is 10.3 Å². The van der Waals surface area contributed by atoms with Gasteiger partial charge < -0.3 is 0 Å². The molecule has 0 radical (unpaired) electrons. The number of hydrogen-bond donors (Lipinski definition) is 0. The number of rotatable bonds is 3. The molecule has 3 heteroatoms. The number of halogens is 2. The molecule has 0 spiro atoms. The SMILES string of the molecule is Cc1cc(C(Br)CC2CCCCC2)sc1Cl. The molecule has 1 heterocycles. The van der Waals surface area contributed by atoms with Gasteiger partial charge in [0, 0.05) is 9.70 Å². The summed E-state index contributed by atoms with van der Waals surface area (Å²) in [5.41, 5.74) is 1.22. The van der Waals surface area contributed by atoms with E-state index in [-0.39, 0.29) is 0 Å². The van der Waals surface area contributed by atoms with Crippen molar-refractivity contribution in [3.05, 3.63) is 20.8 Å². The van der Waals surface area contributed by atoms with E-state index < -0.39 is 0 Å². The summed E-state index contributed by atoms with van der Waals surface area (Å²) in [6.07, 6.45) is 8.40.